The summed E-state index contributed by atoms with van der Waals surface area (Å²) in [7, 11) is 0. The largest absolute Gasteiger partial charge is 0.486 e. The maximum Gasteiger partial charge on any atom is 0.276 e. The van der Waals surface area contributed by atoms with Gasteiger partial charge in [0.1, 0.15) is 18.9 Å². The van der Waals surface area contributed by atoms with Gasteiger partial charge >= 0.3 is 0 Å². The molecular formula is C19H20N4O3. The number of ether oxygens (including phenoxy) is 2. The van der Waals surface area contributed by atoms with Gasteiger partial charge in [-0.25, -0.2) is 9.50 Å². The fraction of sp³-hybridized carbons (Fsp3) is 0.316. The highest BCUT2D eigenvalue weighted by molar-refractivity contribution is 6.03. The molecule has 7 heteroatoms. The molecule has 0 bridgehead atoms. The normalized spacial score (nSPS) is 13.7. The lowest BCUT2D eigenvalue weighted by Crippen LogP contribution is -2.17. The number of nitrogens with zero attached hydrogens (tertiary/aromatic N) is 3. The highest BCUT2D eigenvalue weighted by atomic mass is 16.6. The molecule has 2 aromatic heterocycles. The third-order valence-electron chi connectivity index (χ3n) is 4.12. The van der Waals surface area contributed by atoms with Crippen LogP contribution in [0.3, 0.4) is 0 Å². The van der Waals surface area contributed by atoms with Crippen LogP contribution < -0.4 is 14.8 Å². The smallest absolute Gasteiger partial charge is 0.276 e. The van der Waals surface area contributed by atoms with E-state index in [1.54, 1.807) is 34.8 Å². The Balaban J connectivity index is 1.58. The maximum absolute atomic E-state index is 12.6. The fourth-order valence-corrected chi connectivity index (χ4v) is 2.68. The highest BCUT2D eigenvalue weighted by Gasteiger charge is 2.19. The van der Waals surface area contributed by atoms with E-state index in [0.717, 1.165) is 5.69 Å². The molecule has 1 aliphatic rings. The van der Waals surface area contributed by atoms with E-state index in [0.29, 0.717) is 41.7 Å². The van der Waals surface area contributed by atoms with Crippen molar-refractivity contribution in [2.75, 3.05) is 18.5 Å². The topological polar surface area (TPSA) is 77.8 Å². The average molecular weight is 352 g/mol. The molecule has 0 radical (unpaired) electrons. The Morgan fingerprint density at radius 3 is 2.65 bits per heavy atom. The third kappa shape index (κ3) is 3.08. The molecule has 0 saturated heterocycles. The Kier molecular flexibility index (Phi) is 3.79. The zero-order valence-corrected chi connectivity index (χ0v) is 14.9. The second kappa shape index (κ2) is 6.01. The van der Waals surface area contributed by atoms with Crippen molar-refractivity contribution in [3.8, 4) is 11.5 Å². The van der Waals surface area contributed by atoms with Crippen molar-refractivity contribution >= 4 is 17.2 Å². The molecule has 1 N–H and O–H groups in total. The molecule has 0 spiro atoms. The summed E-state index contributed by atoms with van der Waals surface area (Å²) >= 11 is 0. The van der Waals surface area contributed by atoms with Gasteiger partial charge in [-0.3, -0.25) is 4.79 Å². The number of rotatable bonds is 2. The van der Waals surface area contributed by atoms with Crippen LogP contribution in [0.2, 0.25) is 0 Å². The molecule has 3 heterocycles. The Morgan fingerprint density at radius 2 is 1.88 bits per heavy atom. The first-order valence-corrected chi connectivity index (χ1v) is 8.48. The Bertz CT molecular complexity index is 988. The van der Waals surface area contributed by atoms with E-state index >= 15 is 0 Å². The van der Waals surface area contributed by atoms with Crippen LogP contribution in [0, 0.1) is 0 Å². The fourth-order valence-electron chi connectivity index (χ4n) is 2.68. The van der Waals surface area contributed by atoms with Crippen LogP contribution in [0.1, 0.15) is 37.0 Å². The summed E-state index contributed by atoms with van der Waals surface area (Å²) in [5, 5.41) is 7.22. The van der Waals surface area contributed by atoms with E-state index in [1.807, 2.05) is 6.20 Å². The molecule has 0 unspecified atom stereocenters. The van der Waals surface area contributed by atoms with Gasteiger partial charge in [0.2, 0.25) is 0 Å². The minimum Gasteiger partial charge on any atom is -0.486 e. The minimum absolute atomic E-state index is 0.0820. The zero-order valence-electron chi connectivity index (χ0n) is 14.9. The standard InChI is InChI=1S/C19H20N4O3/c1-19(2,3)16-11-23-17(21-16)7-5-13(22-23)18(24)20-12-4-6-14-15(10-12)26-9-8-25-14/h4-7,10-11H,8-9H2,1-3H3,(H,20,24). The van der Waals surface area contributed by atoms with Gasteiger partial charge in [-0.2, -0.15) is 5.10 Å². The first-order chi connectivity index (χ1) is 12.4. The summed E-state index contributed by atoms with van der Waals surface area (Å²) in [5.74, 6) is 1.01. The van der Waals surface area contributed by atoms with Crippen molar-refractivity contribution in [2.45, 2.75) is 26.2 Å². The van der Waals surface area contributed by atoms with E-state index < -0.39 is 0 Å². The number of carbonyl (C=O) groups is 1. The number of amides is 1. The Labute approximate surface area is 151 Å². The van der Waals surface area contributed by atoms with Crippen LogP contribution in [0.25, 0.3) is 5.65 Å². The van der Waals surface area contributed by atoms with Crippen LogP contribution in [-0.4, -0.2) is 33.7 Å². The van der Waals surface area contributed by atoms with E-state index in [-0.39, 0.29) is 11.3 Å². The first kappa shape index (κ1) is 16.4. The summed E-state index contributed by atoms with van der Waals surface area (Å²) < 4.78 is 12.7. The monoisotopic (exact) mass is 352 g/mol. The van der Waals surface area contributed by atoms with Crippen LogP contribution >= 0.6 is 0 Å². The van der Waals surface area contributed by atoms with E-state index in [2.05, 4.69) is 36.2 Å². The van der Waals surface area contributed by atoms with Gasteiger partial charge in [0.05, 0.1) is 11.9 Å². The average Bonchev–Trinajstić information content (AvgIpc) is 3.05. The van der Waals surface area contributed by atoms with Crippen molar-refractivity contribution in [3.63, 3.8) is 0 Å². The molecule has 1 aromatic carbocycles. The summed E-state index contributed by atoms with van der Waals surface area (Å²) in [5.41, 5.74) is 2.49. The number of hydrogen-bond donors (Lipinski definition) is 1. The van der Waals surface area contributed by atoms with Crippen molar-refractivity contribution in [1.29, 1.82) is 0 Å². The number of fused-ring (bicyclic) bond motifs is 2. The molecule has 4 rings (SSSR count). The molecule has 0 atom stereocenters. The van der Waals surface area contributed by atoms with Gasteiger partial charge in [0.25, 0.3) is 5.91 Å². The van der Waals surface area contributed by atoms with Crippen molar-refractivity contribution in [1.82, 2.24) is 14.6 Å². The summed E-state index contributed by atoms with van der Waals surface area (Å²) in [6.07, 6.45) is 1.86. The molecule has 1 aliphatic heterocycles. The van der Waals surface area contributed by atoms with Gasteiger partial charge in [0, 0.05) is 17.2 Å². The SMILES string of the molecule is CC(C)(C)c1cn2nc(C(=O)Nc3ccc4c(c3)OCCO4)ccc2n1. The third-order valence-corrected chi connectivity index (χ3v) is 4.12. The van der Waals surface area contributed by atoms with E-state index in [1.165, 1.54) is 0 Å². The molecule has 0 saturated carbocycles. The van der Waals surface area contributed by atoms with Gasteiger partial charge in [-0.1, -0.05) is 20.8 Å². The summed E-state index contributed by atoms with van der Waals surface area (Å²) in [6, 6.07) is 8.77. The van der Waals surface area contributed by atoms with E-state index in [4.69, 9.17) is 9.47 Å². The Morgan fingerprint density at radius 1 is 1.12 bits per heavy atom. The number of nitrogens with one attached hydrogen (secondary N) is 1. The quantitative estimate of drug-likeness (QED) is 0.767. The number of hydrogen-bond acceptors (Lipinski definition) is 5. The number of imidazole rings is 1. The first-order valence-electron chi connectivity index (χ1n) is 8.48. The zero-order chi connectivity index (χ0) is 18.3. The highest BCUT2D eigenvalue weighted by Crippen LogP contribution is 2.32. The van der Waals surface area contributed by atoms with Gasteiger partial charge in [-0.05, 0) is 24.3 Å². The number of anilines is 1. The molecule has 0 fully saturated rings. The number of benzene rings is 1. The second-order valence-electron chi connectivity index (χ2n) is 7.21. The van der Waals surface area contributed by atoms with Crippen LogP contribution in [0.15, 0.2) is 36.5 Å². The molecule has 7 nitrogen and oxygen atoms in total. The lowest BCUT2D eigenvalue weighted by Gasteiger charge is -2.18. The lowest BCUT2D eigenvalue weighted by molar-refractivity contribution is 0.102. The van der Waals surface area contributed by atoms with Crippen LogP contribution in [0.4, 0.5) is 5.69 Å². The van der Waals surface area contributed by atoms with Crippen molar-refractivity contribution in [3.05, 3.63) is 47.9 Å². The Hall–Kier alpha value is -3.09. The molecule has 0 aliphatic carbocycles. The van der Waals surface area contributed by atoms with Gasteiger partial charge in [0.15, 0.2) is 17.1 Å². The molecule has 1 amide bonds. The summed E-state index contributed by atoms with van der Waals surface area (Å²) in [6.45, 7) is 7.29. The molecule has 26 heavy (non-hydrogen) atoms. The predicted octanol–water partition coefficient (Wildman–Crippen LogP) is 3.05. The van der Waals surface area contributed by atoms with Gasteiger partial charge in [-0.15, -0.1) is 0 Å². The maximum atomic E-state index is 12.6. The number of carbonyl (C=O) groups excluding carboxylic acids is 1. The lowest BCUT2D eigenvalue weighted by atomic mass is 9.93. The van der Waals surface area contributed by atoms with Crippen LogP contribution in [-0.2, 0) is 5.41 Å². The predicted molar refractivity (Wildman–Crippen MR) is 97.1 cm³/mol. The van der Waals surface area contributed by atoms with Crippen molar-refractivity contribution < 1.29 is 14.3 Å². The van der Waals surface area contributed by atoms with Crippen molar-refractivity contribution in [2.24, 2.45) is 0 Å². The molecule has 3 aromatic rings. The van der Waals surface area contributed by atoms with E-state index in [9.17, 15) is 4.79 Å². The van der Waals surface area contributed by atoms with Crippen LogP contribution in [0.5, 0.6) is 11.5 Å². The minimum atomic E-state index is -0.297. The summed E-state index contributed by atoms with van der Waals surface area (Å²) in [4.78, 5) is 17.1. The molecular weight excluding hydrogens is 332 g/mol. The molecule has 134 valence electrons. The second-order valence-corrected chi connectivity index (χ2v) is 7.21. The van der Waals surface area contributed by atoms with Gasteiger partial charge < -0.3 is 14.8 Å². The number of aromatic nitrogens is 3.